The van der Waals surface area contributed by atoms with E-state index in [1.165, 1.54) is 30.6 Å². The van der Waals surface area contributed by atoms with E-state index in [4.69, 9.17) is 0 Å². The molecule has 0 saturated heterocycles. The summed E-state index contributed by atoms with van der Waals surface area (Å²) < 4.78 is 0. The van der Waals surface area contributed by atoms with E-state index >= 15 is 0 Å². The minimum absolute atomic E-state index is 0.0816. The number of fused-ring (bicyclic) bond motifs is 5. The maximum atomic E-state index is 13.4. The lowest BCUT2D eigenvalue weighted by atomic mass is 9.45. The average Bonchev–Trinajstić information content (AvgIpc) is 3.24. The summed E-state index contributed by atoms with van der Waals surface area (Å²) in [4.78, 5) is 14.6. The summed E-state index contributed by atoms with van der Waals surface area (Å²) in [6.07, 6.45) is 11.0. The molecule has 4 fully saturated rings. The van der Waals surface area contributed by atoms with Crippen LogP contribution < -0.4 is 0 Å². The first kappa shape index (κ1) is 18.1. The van der Waals surface area contributed by atoms with Gasteiger partial charge in [-0.05, 0) is 104 Å². The Labute approximate surface area is 167 Å². The van der Waals surface area contributed by atoms with E-state index in [2.05, 4.69) is 37.4 Å². The molecule has 4 aliphatic carbocycles. The number of carbonyl (C=O) groups excluding carboxylic acids is 1. The molecule has 4 saturated carbocycles. The van der Waals surface area contributed by atoms with Crippen molar-refractivity contribution in [3.05, 3.63) is 28.0 Å². The number of hydrogen-bond donors (Lipinski definition) is 1. The fraction of sp³-hybridized carbons (Fsp3) is 0.708. The largest absolute Gasteiger partial charge is 0.393 e. The molecule has 2 nitrogen and oxygen atoms in total. The van der Waals surface area contributed by atoms with Crippen LogP contribution in [0.25, 0.3) is 6.08 Å². The monoisotopic (exact) mass is 384 g/mol. The number of ketones is 1. The molecule has 1 aromatic rings. The molecule has 0 unspecified atom stereocenters. The van der Waals surface area contributed by atoms with Crippen LogP contribution in [0.15, 0.2) is 23.1 Å². The Balaban J connectivity index is 1.46. The van der Waals surface area contributed by atoms with Crippen molar-refractivity contribution in [1.82, 2.24) is 0 Å². The van der Waals surface area contributed by atoms with Crippen LogP contribution in [0.1, 0.15) is 70.1 Å². The van der Waals surface area contributed by atoms with Gasteiger partial charge < -0.3 is 5.11 Å². The molecule has 0 radical (unpaired) electrons. The van der Waals surface area contributed by atoms with Crippen molar-refractivity contribution < 1.29 is 9.90 Å². The highest BCUT2D eigenvalue weighted by atomic mass is 32.1. The van der Waals surface area contributed by atoms with Gasteiger partial charge in [0.1, 0.15) is 0 Å². The number of carbonyl (C=O) groups is 1. The quantitative estimate of drug-likeness (QED) is 0.629. The van der Waals surface area contributed by atoms with Crippen molar-refractivity contribution in [2.24, 2.45) is 34.5 Å². The number of thiophene rings is 1. The lowest BCUT2D eigenvalue weighted by Crippen LogP contribution is -2.54. The maximum absolute atomic E-state index is 13.4. The van der Waals surface area contributed by atoms with E-state index in [0.29, 0.717) is 29.0 Å². The van der Waals surface area contributed by atoms with Crippen LogP contribution in [-0.2, 0) is 4.79 Å². The fourth-order valence-corrected chi connectivity index (χ4v) is 8.26. The zero-order valence-corrected chi connectivity index (χ0v) is 17.4. The molecule has 5 rings (SSSR count). The number of aliphatic hydroxyl groups excluding tert-OH is 1. The highest BCUT2D eigenvalue weighted by molar-refractivity contribution is 7.10. The molecular weight excluding hydrogens is 352 g/mol. The van der Waals surface area contributed by atoms with Crippen LogP contribution in [0.5, 0.6) is 0 Å². The number of hydrogen-bond acceptors (Lipinski definition) is 3. The van der Waals surface area contributed by atoms with Gasteiger partial charge in [-0.2, -0.15) is 0 Å². The van der Waals surface area contributed by atoms with Gasteiger partial charge in [-0.25, -0.2) is 0 Å². The summed E-state index contributed by atoms with van der Waals surface area (Å²) in [6, 6.07) is 4.19. The van der Waals surface area contributed by atoms with E-state index < -0.39 is 0 Å². The first-order chi connectivity index (χ1) is 12.9. The molecule has 0 aromatic carbocycles. The number of Topliss-reactive ketones (excluding diaryl/α,β-unsaturated/α-hetero) is 1. The Morgan fingerprint density at radius 3 is 2.78 bits per heavy atom. The smallest absolute Gasteiger partial charge is 0.165 e. The second-order valence-electron chi connectivity index (χ2n) is 10.3. The second-order valence-corrected chi connectivity index (χ2v) is 11.2. The normalized spacial score (nSPS) is 48.2. The van der Waals surface area contributed by atoms with E-state index in [0.717, 1.165) is 37.2 Å². The third kappa shape index (κ3) is 2.64. The van der Waals surface area contributed by atoms with E-state index in [1.54, 1.807) is 11.3 Å². The Morgan fingerprint density at radius 1 is 1.15 bits per heavy atom. The molecule has 27 heavy (non-hydrogen) atoms. The predicted octanol–water partition coefficient (Wildman–Crippen LogP) is 5.71. The first-order valence-electron chi connectivity index (χ1n) is 10.9. The van der Waals surface area contributed by atoms with Gasteiger partial charge in [0.15, 0.2) is 5.78 Å². The van der Waals surface area contributed by atoms with Gasteiger partial charge in [0.05, 0.1) is 6.10 Å². The lowest BCUT2D eigenvalue weighted by molar-refractivity contribution is -0.141. The molecule has 1 heterocycles. The van der Waals surface area contributed by atoms with Gasteiger partial charge in [-0.15, -0.1) is 11.3 Å². The van der Waals surface area contributed by atoms with Crippen LogP contribution >= 0.6 is 11.3 Å². The van der Waals surface area contributed by atoms with Gasteiger partial charge in [0.2, 0.25) is 0 Å². The average molecular weight is 385 g/mol. The topological polar surface area (TPSA) is 37.3 Å². The van der Waals surface area contributed by atoms with Crippen molar-refractivity contribution in [3.63, 3.8) is 0 Å². The van der Waals surface area contributed by atoms with E-state index in [1.807, 2.05) is 0 Å². The van der Waals surface area contributed by atoms with Crippen LogP contribution in [0.3, 0.4) is 0 Å². The first-order valence-corrected chi connectivity index (χ1v) is 11.8. The Hall–Kier alpha value is -0.930. The second kappa shape index (κ2) is 6.29. The zero-order chi connectivity index (χ0) is 18.8. The molecule has 7 atom stereocenters. The minimum Gasteiger partial charge on any atom is -0.393 e. The van der Waals surface area contributed by atoms with Crippen molar-refractivity contribution >= 4 is 23.2 Å². The summed E-state index contributed by atoms with van der Waals surface area (Å²) in [7, 11) is 0. The number of aliphatic hydroxyl groups is 1. The van der Waals surface area contributed by atoms with Crippen LogP contribution in [0.4, 0.5) is 0 Å². The predicted molar refractivity (Wildman–Crippen MR) is 110 cm³/mol. The highest BCUT2D eigenvalue weighted by Gasteiger charge is 2.61. The molecule has 0 amide bonds. The van der Waals surface area contributed by atoms with Gasteiger partial charge in [-0.3, -0.25) is 4.79 Å². The van der Waals surface area contributed by atoms with Crippen LogP contribution in [-0.4, -0.2) is 17.0 Å². The molecule has 4 aliphatic rings. The molecule has 0 bridgehead atoms. The summed E-state index contributed by atoms with van der Waals surface area (Å²) in [5, 5.41) is 12.3. The third-order valence-corrected chi connectivity index (χ3v) is 9.96. The Morgan fingerprint density at radius 2 is 2.00 bits per heavy atom. The van der Waals surface area contributed by atoms with Gasteiger partial charge in [-0.1, -0.05) is 19.9 Å². The fourth-order valence-electron chi connectivity index (χ4n) is 7.58. The lowest BCUT2D eigenvalue weighted by Gasteiger charge is -2.59. The van der Waals surface area contributed by atoms with Gasteiger partial charge >= 0.3 is 0 Å². The molecule has 1 aromatic heterocycles. The van der Waals surface area contributed by atoms with Gasteiger partial charge in [0.25, 0.3) is 0 Å². The maximum Gasteiger partial charge on any atom is 0.165 e. The van der Waals surface area contributed by atoms with E-state index in [-0.39, 0.29) is 11.5 Å². The molecule has 1 N–H and O–H groups in total. The molecule has 0 spiro atoms. The van der Waals surface area contributed by atoms with Crippen LogP contribution in [0, 0.1) is 34.5 Å². The number of rotatable bonds is 1. The van der Waals surface area contributed by atoms with Crippen molar-refractivity contribution in [1.29, 1.82) is 0 Å². The summed E-state index contributed by atoms with van der Waals surface area (Å²) in [5.74, 6) is 3.09. The third-order valence-electron chi connectivity index (χ3n) is 9.14. The summed E-state index contributed by atoms with van der Waals surface area (Å²) >= 11 is 1.73. The summed E-state index contributed by atoms with van der Waals surface area (Å²) in [5.41, 5.74) is 1.32. The Kier molecular flexibility index (Phi) is 4.22. The van der Waals surface area contributed by atoms with Crippen molar-refractivity contribution in [3.8, 4) is 0 Å². The summed E-state index contributed by atoms with van der Waals surface area (Å²) in [6.45, 7) is 4.78. The van der Waals surface area contributed by atoms with Crippen molar-refractivity contribution in [2.45, 2.75) is 71.3 Å². The molecule has 146 valence electrons. The Bertz CT molecular complexity index is 765. The molecular formula is C24H32O2S. The van der Waals surface area contributed by atoms with E-state index in [9.17, 15) is 9.90 Å². The highest BCUT2D eigenvalue weighted by Crippen LogP contribution is 2.66. The minimum atomic E-state index is -0.137. The number of allylic oxidation sites excluding steroid dienone is 1. The zero-order valence-electron chi connectivity index (χ0n) is 16.6. The SMILES string of the molecule is C[C@]12CC[C@@H](O)C[C@@H]1CC[C@H]1[C@H]2CC[C@]2(C)C(=O)/C(=C/c3cccs3)C[C@H]12. The van der Waals surface area contributed by atoms with Crippen molar-refractivity contribution in [2.75, 3.05) is 0 Å². The molecule has 0 aliphatic heterocycles. The molecule has 3 heteroatoms. The van der Waals surface area contributed by atoms with Gasteiger partial charge in [0, 0.05) is 10.3 Å². The standard InChI is InChI=1S/C24H32O2S/c1-23-9-7-17(25)14-16(23)5-6-19-20(23)8-10-24(2)21(19)13-15(22(24)26)12-18-4-3-11-27-18/h3-4,11-12,16-17,19-21,25H,5-10,13-14H2,1-2H3/b15-12+/t16-,17+,19-,20+,21+,23-,24-/m0/s1. The van der Waals surface area contributed by atoms with Crippen LogP contribution in [0.2, 0.25) is 0 Å².